The second kappa shape index (κ2) is 5.82. The molecule has 0 aliphatic carbocycles. The molecule has 18 heavy (non-hydrogen) atoms. The Hall–Kier alpha value is -2.35. The van der Waals surface area contributed by atoms with Crippen molar-refractivity contribution in [3.8, 4) is 6.07 Å². The second-order valence-corrected chi connectivity index (χ2v) is 3.63. The highest BCUT2D eigenvalue weighted by Gasteiger charge is 2.44. The third-order valence-electron chi connectivity index (χ3n) is 2.63. The number of carbonyl (C=O) groups is 2. The summed E-state index contributed by atoms with van der Waals surface area (Å²) in [6.07, 6.45) is -0.378. The summed E-state index contributed by atoms with van der Waals surface area (Å²) < 4.78 is 9.16. The van der Waals surface area contributed by atoms with Crippen LogP contribution < -0.4 is 0 Å². The summed E-state index contributed by atoms with van der Waals surface area (Å²) in [5.74, 6) is -1.42. The molecule has 0 radical (unpaired) electrons. The van der Waals surface area contributed by atoms with E-state index in [1.54, 1.807) is 30.3 Å². The molecule has 0 fully saturated rings. The molecule has 0 bridgehead atoms. The predicted molar refractivity (Wildman–Crippen MR) is 62.4 cm³/mol. The summed E-state index contributed by atoms with van der Waals surface area (Å²) in [5.41, 5.74) is -1.26. The van der Waals surface area contributed by atoms with Crippen molar-refractivity contribution in [3.05, 3.63) is 35.9 Å². The van der Waals surface area contributed by atoms with Gasteiger partial charge in [-0.3, -0.25) is 4.79 Å². The lowest BCUT2D eigenvalue weighted by Gasteiger charge is -2.22. The molecule has 5 heteroatoms. The molecule has 94 valence electrons. The topological polar surface area (TPSA) is 76.4 Å². The van der Waals surface area contributed by atoms with Gasteiger partial charge in [-0.05, 0) is 5.56 Å². The first-order chi connectivity index (χ1) is 8.60. The van der Waals surface area contributed by atoms with E-state index in [0.29, 0.717) is 5.56 Å². The number of nitrogens with zero attached hydrogens (tertiary/aromatic N) is 1. The Morgan fingerprint density at radius 3 is 2.28 bits per heavy atom. The van der Waals surface area contributed by atoms with Crippen LogP contribution >= 0.6 is 0 Å². The van der Waals surface area contributed by atoms with E-state index in [1.807, 2.05) is 6.07 Å². The number of methoxy groups -OCH3 is 2. The summed E-state index contributed by atoms with van der Waals surface area (Å²) in [6.45, 7) is 0. The molecule has 0 spiro atoms. The number of rotatable bonds is 4. The third kappa shape index (κ3) is 2.48. The largest absolute Gasteiger partial charge is 0.469 e. The SMILES string of the molecule is COC(=O)CC(C#N)(C(=O)OC)c1ccccc1. The van der Waals surface area contributed by atoms with E-state index in [1.165, 1.54) is 14.2 Å². The van der Waals surface area contributed by atoms with Crippen LogP contribution in [0.25, 0.3) is 0 Å². The van der Waals surface area contributed by atoms with Crippen LogP contribution in [0, 0.1) is 11.3 Å². The standard InChI is InChI=1S/C13H13NO4/c1-17-11(15)8-13(9-14,12(16)18-2)10-6-4-3-5-7-10/h3-7H,8H2,1-2H3. The monoisotopic (exact) mass is 247 g/mol. The molecule has 1 rings (SSSR count). The van der Waals surface area contributed by atoms with Gasteiger partial charge in [0, 0.05) is 0 Å². The van der Waals surface area contributed by atoms with Crippen LogP contribution in [0.15, 0.2) is 30.3 Å². The predicted octanol–water partition coefficient (Wildman–Crippen LogP) is 1.18. The Balaban J connectivity index is 3.28. The summed E-state index contributed by atoms with van der Waals surface area (Å²) in [7, 11) is 2.38. The molecular weight excluding hydrogens is 234 g/mol. The van der Waals surface area contributed by atoms with Crippen LogP contribution in [0.2, 0.25) is 0 Å². The van der Waals surface area contributed by atoms with Gasteiger partial charge < -0.3 is 9.47 Å². The highest BCUT2D eigenvalue weighted by atomic mass is 16.5. The van der Waals surface area contributed by atoms with Gasteiger partial charge in [0.1, 0.15) is 0 Å². The zero-order chi connectivity index (χ0) is 13.6. The summed E-state index contributed by atoms with van der Waals surface area (Å²) >= 11 is 0. The minimum Gasteiger partial charge on any atom is -0.469 e. The number of ether oxygens (including phenoxy) is 2. The Morgan fingerprint density at radius 2 is 1.83 bits per heavy atom. The van der Waals surface area contributed by atoms with E-state index in [0.717, 1.165) is 0 Å². The maximum absolute atomic E-state index is 11.9. The van der Waals surface area contributed by atoms with Crippen molar-refractivity contribution in [1.29, 1.82) is 5.26 Å². The van der Waals surface area contributed by atoms with Crippen molar-refractivity contribution >= 4 is 11.9 Å². The first kappa shape index (κ1) is 13.7. The van der Waals surface area contributed by atoms with Gasteiger partial charge in [-0.25, -0.2) is 4.79 Å². The Bertz CT molecular complexity index is 478. The van der Waals surface area contributed by atoms with E-state index in [9.17, 15) is 14.9 Å². The van der Waals surface area contributed by atoms with Crippen LogP contribution in [-0.2, 0) is 24.5 Å². The summed E-state index contributed by atoms with van der Waals surface area (Å²) in [5, 5.41) is 9.32. The van der Waals surface area contributed by atoms with Gasteiger partial charge >= 0.3 is 11.9 Å². The molecule has 0 amide bonds. The average molecular weight is 247 g/mol. The number of nitriles is 1. The first-order valence-electron chi connectivity index (χ1n) is 5.22. The van der Waals surface area contributed by atoms with Gasteiger partial charge in [0.15, 0.2) is 5.41 Å². The minimum absolute atomic E-state index is 0.378. The van der Waals surface area contributed by atoms with Crippen LogP contribution in [-0.4, -0.2) is 26.2 Å². The van der Waals surface area contributed by atoms with E-state index in [4.69, 9.17) is 0 Å². The molecule has 0 aromatic heterocycles. The van der Waals surface area contributed by atoms with Gasteiger partial charge in [-0.1, -0.05) is 30.3 Å². The molecular formula is C13H13NO4. The zero-order valence-corrected chi connectivity index (χ0v) is 10.2. The minimum atomic E-state index is -1.66. The molecule has 0 aliphatic rings. The molecule has 0 N–H and O–H groups in total. The van der Waals surface area contributed by atoms with Crippen molar-refractivity contribution in [2.24, 2.45) is 0 Å². The second-order valence-electron chi connectivity index (χ2n) is 3.63. The molecule has 1 aromatic rings. The smallest absolute Gasteiger partial charge is 0.331 e. The molecule has 1 unspecified atom stereocenters. The maximum Gasteiger partial charge on any atom is 0.331 e. The zero-order valence-electron chi connectivity index (χ0n) is 10.2. The highest BCUT2D eigenvalue weighted by molar-refractivity contribution is 5.91. The molecule has 1 atom stereocenters. The Morgan fingerprint density at radius 1 is 1.22 bits per heavy atom. The third-order valence-corrected chi connectivity index (χ3v) is 2.63. The average Bonchev–Trinajstić information content (AvgIpc) is 2.44. The molecule has 0 saturated heterocycles. The molecule has 0 heterocycles. The van der Waals surface area contributed by atoms with E-state index < -0.39 is 17.4 Å². The number of hydrogen-bond acceptors (Lipinski definition) is 5. The first-order valence-corrected chi connectivity index (χ1v) is 5.22. The highest BCUT2D eigenvalue weighted by Crippen LogP contribution is 2.29. The maximum atomic E-state index is 11.9. The van der Waals surface area contributed by atoms with Gasteiger partial charge in [0.05, 0.1) is 26.7 Å². The Labute approximate surface area is 105 Å². The van der Waals surface area contributed by atoms with Crippen LogP contribution in [0.4, 0.5) is 0 Å². The van der Waals surface area contributed by atoms with Crippen LogP contribution in [0.1, 0.15) is 12.0 Å². The van der Waals surface area contributed by atoms with Gasteiger partial charge in [-0.15, -0.1) is 0 Å². The lowest BCUT2D eigenvalue weighted by atomic mass is 9.79. The fourth-order valence-corrected chi connectivity index (χ4v) is 1.63. The molecule has 0 saturated carbocycles. The molecule has 0 aliphatic heterocycles. The summed E-state index contributed by atoms with van der Waals surface area (Å²) in [4.78, 5) is 23.3. The van der Waals surface area contributed by atoms with Crippen molar-refractivity contribution in [1.82, 2.24) is 0 Å². The lowest BCUT2D eigenvalue weighted by molar-refractivity contribution is -0.151. The lowest BCUT2D eigenvalue weighted by Crippen LogP contribution is -2.38. The van der Waals surface area contributed by atoms with Gasteiger partial charge in [-0.2, -0.15) is 5.26 Å². The summed E-state index contributed by atoms with van der Waals surface area (Å²) in [6, 6.07) is 10.2. The van der Waals surface area contributed by atoms with Crippen LogP contribution in [0.5, 0.6) is 0 Å². The van der Waals surface area contributed by atoms with E-state index in [-0.39, 0.29) is 6.42 Å². The fraction of sp³-hybridized carbons (Fsp3) is 0.308. The van der Waals surface area contributed by atoms with Crippen LogP contribution in [0.3, 0.4) is 0 Å². The van der Waals surface area contributed by atoms with Gasteiger partial charge in [0.25, 0.3) is 0 Å². The number of benzene rings is 1. The number of hydrogen-bond donors (Lipinski definition) is 0. The van der Waals surface area contributed by atoms with Crippen molar-refractivity contribution < 1.29 is 19.1 Å². The van der Waals surface area contributed by atoms with Gasteiger partial charge in [0.2, 0.25) is 0 Å². The normalized spacial score (nSPS) is 12.9. The fourth-order valence-electron chi connectivity index (χ4n) is 1.63. The van der Waals surface area contributed by atoms with Crippen molar-refractivity contribution in [2.45, 2.75) is 11.8 Å². The molecule has 1 aromatic carbocycles. The number of carbonyl (C=O) groups excluding carboxylic acids is 2. The van der Waals surface area contributed by atoms with Crippen molar-refractivity contribution in [3.63, 3.8) is 0 Å². The quantitative estimate of drug-likeness (QED) is 0.747. The Kier molecular flexibility index (Phi) is 4.44. The van der Waals surface area contributed by atoms with Crippen molar-refractivity contribution in [2.75, 3.05) is 14.2 Å². The number of esters is 2. The van der Waals surface area contributed by atoms with E-state index >= 15 is 0 Å². The van der Waals surface area contributed by atoms with E-state index in [2.05, 4.69) is 9.47 Å². The molecule has 5 nitrogen and oxygen atoms in total.